The van der Waals surface area contributed by atoms with Crippen LogP contribution in [0.1, 0.15) is 11.3 Å². The maximum Gasteiger partial charge on any atom is 0.177 e. The lowest BCUT2D eigenvalue weighted by molar-refractivity contribution is 0.474. The molecule has 23 heavy (non-hydrogen) atoms. The van der Waals surface area contributed by atoms with E-state index in [0.717, 1.165) is 6.26 Å². The van der Waals surface area contributed by atoms with Crippen LogP contribution in [0, 0.1) is 5.82 Å². The molecule has 1 aliphatic rings. The zero-order valence-electron chi connectivity index (χ0n) is 12.2. The number of halogens is 2. The van der Waals surface area contributed by atoms with Crippen LogP contribution in [0.4, 0.5) is 8.78 Å². The third kappa shape index (κ3) is 3.22. The summed E-state index contributed by atoms with van der Waals surface area (Å²) in [6.45, 7) is 0. The minimum atomic E-state index is -3.34. The predicted molar refractivity (Wildman–Crippen MR) is 84.6 cm³/mol. The average molecular weight is 333 g/mol. The van der Waals surface area contributed by atoms with Crippen LogP contribution in [0.5, 0.6) is 0 Å². The van der Waals surface area contributed by atoms with Gasteiger partial charge in [-0.05, 0) is 47.6 Å². The number of allylic oxidation sites excluding steroid dienone is 4. The lowest BCUT2D eigenvalue weighted by atomic mass is 9.98. The first-order valence-corrected chi connectivity index (χ1v) is 8.74. The molecule has 6 heteroatoms. The van der Waals surface area contributed by atoms with Crippen molar-refractivity contribution in [1.82, 2.24) is 4.98 Å². The summed E-state index contributed by atoms with van der Waals surface area (Å²) in [5, 5.41) is 0. The number of pyridine rings is 1. The quantitative estimate of drug-likeness (QED) is 0.864. The van der Waals surface area contributed by atoms with Gasteiger partial charge in [-0.15, -0.1) is 0 Å². The zero-order valence-corrected chi connectivity index (χ0v) is 13.0. The molecule has 118 valence electrons. The average Bonchev–Trinajstić information content (AvgIpc) is 2.89. The van der Waals surface area contributed by atoms with Gasteiger partial charge in [0.1, 0.15) is 12.0 Å². The number of benzene rings is 1. The van der Waals surface area contributed by atoms with Gasteiger partial charge in [-0.3, -0.25) is 4.98 Å². The second-order valence-corrected chi connectivity index (χ2v) is 7.28. The summed E-state index contributed by atoms with van der Waals surface area (Å²) in [7, 11) is -3.34. The number of sulfone groups is 1. The van der Waals surface area contributed by atoms with E-state index in [9.17, 15) is 17.2 Å². The first-order valence-electron chi connectivity index (χ1n) is 6.85. The molecule has 0 amide bonds. The Labute approximate surface area is 132 Å². The van der Waals surface area contributed by atoms with Crippen molar-refractivity contribution in [2.75, 3.05) is 6.26 Å². The van der Waals surface area contributed by atoms with Crippen molar-refractivity contribution in [2.45, 2.75) is 11.1 Å². The highest BCUT2D eigenvalue weighted by atomic mass is 32.2. The molecule has 0 bridgehead atoms. The van der Waals surface area contributed by atoms with Gasteiger partial charge in [0.25, 0.3) is 0 Å². The van der Waals surface area contributed by atoms with E-state index in [1.807, 2.05) is 0 Å². The van der Waals surface area contributed by atoms with Crippen LogP contribution < -0.4 is 0 Å². The molecule has 0 radical (unpaired) electrons. The second kappa shape index (κ2) is 5.70. The summed E-state index contributed by atoms with van der Waals surface area (Å²) >= 11 is 0. The molecule has 3 nitrogen and oxygen atoms in total. The highest BCUT2D eigenvalue weighted by Gasteiger charge is 2.21. The minimum Gasteiger partial charge on any atom is -0.255 e. The predicted octanol–water partition coefficient (Wildman–Crippen LogP) is 3.44. The van der Waals surface area contributed by atoms with Gasteiger partial charge in [0.2, 0.25) is 0 Å². The van der Waals surface area contributed by atoms with E-state index < -0.39 is 16.0 Å². The van der Waals surface area contributed by atoms with Crippen molar-refractivity contribution in [1.29, 1.82) is 0 Å². The fourth-order valence-corrected chi connectivity index (χ4v) is 2.97. The van der Waals surface area contributed by atoms with Gasteiger partial charge >= 0.3 is 0 Å². The Hall–Kier alpha value is -2.34. The number of rotatable bonds is 3. The molecular formula is C17H13F2NO2S. The molecule has 0 aliphatic heterocycles. The van der Waals surface area contributed by atoms with Crippen LogP contribution in [0.25, 0.3) is 11.1 Å². The molecular weight excluding hydrogens is 320 g/mol. The molecule has 1 atom stereocenters. The fourth-order valence-electron chi connectivity index (χ4n) is 2.41. The molecule has 3 rings (SSSR count). The fraction of sp³-hybridized carbons (Fsp3) is 0.118. The van der Waals surface area contributed by atoms with E-state index in [0.29, 0.717) is 22.4 Å². The maximum atomic E-state index is 13.8. The summed E-state index contributed by atoms with van der Waals surface area (Å²) < 4.78 is 49.8. The van der Waals surface area contributed by atoms with E-state index in [-0.39, 0.29) is 10.7 Å². The van der Waals surface area contributed by atoms with Gasteiger partial charge in [-0.1, -0.05) is 12.1 Å². The Morgan fingerprint density at radius 2 is 1.65 bits per heavy atom. The molecule has 1 aromatic heterocycles. The molecule has 2 aromatic rings. The number of aromatic nitrogens is 1. The van der Waals surface area contributed by atoms with Gasteiger partial charge < -0.3 is 0 Å². The Morgan fingerprint density at radius 1 is 1.00 bits per heavy atom. The molecule has 1 aliphatic carbocycles. The topological polar surface area (TPSA) is 47.0 Å². The molecule has 0 N–H and O–H groups in total. The highest BCUT2D eigenvalue weighted by molar-refractivity contribution is 7.90. The molecule has 0 spiro atoms. The van der Waals surface area contributed by atoms with E-state index in [2.05, 4.69) is 4.98 Å². The molecule has 1 aromatic carbocycles. The number of alkyl halides is 1. The summed E-state index contributed by atoms with van der Waals surface area (Å²) in [5.41, 5.74) is 2.31. The molecule has 0 saturated heterocycles. The van der Waals surface area contributed by atoms with E-state index >= 15 is 0 Å². The van der Waals surface area contributed by atoms with E-state index in [1.54, 1.807) is 12.1 Å². The van der Waals surface area contributed by atoms with Crippen LogP contribution >= 0.6 is 0 Å². The number of hydrogen-bond donors (Lipinski definition) is 0. The van der Waals surface area contributed by atoms with Crippen molar-refractivity contribution in [3.8, 4) is 0 Å². The van der Waals surface area contributed by atoms with Gasteiger partial charge in [0.15, 0.2) is 9.84 Å². The van der Waals surface area contributed by atoms with Crippen LogP contribution in [0.2, 0.25) is 0 Å². The third-order valence-corrected chi connectivity index (χ3v) is 4.64. The standard InChI is InChI=1S/C17H13F2NO2S/c1-23(21,22)14-6-7-17(20-10-14)16-9-13(19)8-15(16)11-2-4-12(18)5-3-11/h2-10,13H,1H3. The minimum absolute atomic E-state index is 0.101. The van der Waals surface area contributed by atoms with Crippen molar-refractivity contribution in [2.24, 2.45) is 0 Å². The highest BCUT2D eigenvalue weighted by Crippen LogP contribution is 2.36. The second-order valence-electron chi connectivity index (χ2n) is 5.26. The Bertz CT molecular complexity index is 899. The normalized spacial score (nSPS) is 17.8. The van der Waals surface area contributed by atoms with Gasteiger partial charge in [-0.2, -0.15) is 0 Å². The molecule has 1 unspecified atom stereocenters. The largest absolute Gasteiger partial charge is 0.255 e. The lowest BCUT2D eigenvalue weighted by Crippen LogP contribution is -1.99. The maximum absolute atomic E-state index is 13.8. The first-order chi connectivity index (χ1) is 10.8. The SMILES string of the molecule is CS(=O)(=O)c1ccc(C2=CC(F)C=C2c2ccc(F)cc2)nc1. The van der Waals surface area contributed by atoms with E-state index in [4.69, 9.17) is 0 Å². The molecule has 0 fully saturated rings. The van der Waals surface area contributed by atoms with E-state index in [1.165, 1.54) is 42.6 Å². The summed E-state index contributed by atoms with van der Waals surface area (Å²) in [6.07, 6.45) is 3.91. The smallest absolute Gasteiger partial charge is 0.177 e. The van der Waals surface area contributed by atoms with Gasteiger partial charge in [0.05, 0.1) is 10.6 Å². The summed E-state index contributed by atoms with van der Waals surface area (Å²) in [5.74, 6) is -0.370. The van der Waals surface area contributed by atoms with Crippen LogP contribution in [-0.2, 0) is 9.84 Å². The van der Waals surface area contributed by atoms with Crippen molar-refractivity contribution >= 4 is 21.0 Å². The Kier molecular flexibility index (Phi) is 3.85. The lowest BCUT2D eigenvalue weighted by Gasteiger charge is -2.09. The monoisotopic (exact) mass is 333 g/mol. The molecule has 0 saturated carbocycles. The van der Waals surface area contributed by atoms with Gasteiger partial charge in [-0.25, -0.2) is 17.2 Å². The van der Waals surface area contributed by atoms with Crippen molar-refractivity contribution < 1.29 is 17.2 Å². The third-order valence-electron chi connectivity index (χ3n) is 3.54. The summed E-state index contributed by atoms with van der Waals surface area (Å²) in [4.78, 5) is 4.23. The number of hydrogen-bond acceptors (Lipinski definition) is 3. The zero-order chi connectivity index (χ0) is 16.6. The van der Waals surface area contributed by atoms with Gasteiger partial charge in [0, 0.05) is 18.0 Å². The van der Waals surface area contributed by atoms with Crippen LogP contribution in [0.15, 0.2) is 59.6 Å². The first kappa shape index (κ1) is 15.6. The van der Waals surface area contributed by atoms with Crippen molar-refractivity contribution in [3.05, 3.63) is 71.8 Å². The van der Waals surface area contributed by atoms with Crippen molar-refractivity contribution in [3.63, 3.8) is 0 Å². The molecule has 1 heterocycles. The van der Waals surface area contributed by atoms with Crippen LogP contribution in [0.3, 0.4) is 0 Å². The Balaban J connectivity index is 2.00. The van der Waals surface area contributed by atoms with Crippen LogP contribution in [-0.4, -0.2) is 25.8 Å². The number of nitrogens with zero attached hydrogens (tertiary/aromatic N) is 1. The summed E-state index contributed by atoms with van der Waals surface area (Å²) in [6, 6.07) is 8.72. The Morgan fingerprint density at radius 3 is 2.22 bits per heavy atom.